The van der Waals surface area contributed by atoms with Gasteiger partial charge in [-0.15, -0.1) is 0 Å². The summed E-state index contributed by atoms with van der Waals surface area (Å²) in [6.45, 7) is 15.9. The average Bonchev–Trinajstić information content (AvgIpc) is 2.74. The Hall–Kier alpha value is 0.810. The summed E-state index contributed by atoms with van der Waals surface area (Å²) in [4.78, 5) is 3.40. The molecule has 0 aliphatic rings. The number of nitrogens with one attached hydrogen (secondary N) is 1. The number of hydrogen-bond donors (Lipinski definition) is 1. The van der Waals surface area contributed by atoms with E-state index >= 15 is 0 Å². The van der Waals surface area contributed by atoms with Crippen LogP contribution in [0.15, 0.2) is 4.52 Å². The third-order valence-corrected chi connectivity index (χ3v) is 9.85. The second-order valence-electron chi connectivity index (χ2n) is 6.39. The van der Waals surface area contributed by atoms with Crippen molar-refractivity contribution in [3.63, 3.8) is 0 Å². The monoisotopic (exact) mass is 478 g/mol. The zero-order chi connectivity index (χ0) is 21.8. The van der Waals surface area contributed by atoms with Gasteiger partial charge in [0.15, 0.2) is 0 Å². The predicted molar refractivity (Wildman–Crippen MR) is 127 cm³/mol. The quantitative estimate of drug-likeness (QED) is 0.178. The molecule has 0 radical (unpaired) electrons. The summed E-state index contributed by atoms with van der Waals surface area (Å²) < 4.78 is 41.1. The fraction of sp³-hybridized carbons (Fsp3) is 1.00. The molecule has 0 spiro atoms. The van der Waals surface area contributed by atoms with Gasteiger partial charge in [0.1, 0.15) is 0 Å². The standard InChI is InChI=1S/C18H45N2O6P3/c1-7-13-21-27(22-14-8-2)19-29(25-17-11-5,26-18-12-6)20-28(23-15-9-3)24-16-10-4/h19,28-29H,7-18H2,1-6H3. The van der Waals surface area contributed by atoms with Crippen molar-refractivity contribution < 1.29 is 27.1 Å². The molecule has 11 heteroatoms. The van der Waals surface area contributed by atoms with E-state index < -0.39 is 24.7 Å². The molecule has 1 N–H and O–H groups in total. The van der Waals surface area contributed by atoms with Gasteiger partial charge in [-0.2, -0.15) is 0 Å². The molecule has 0 bridgehead atoms. The molecule has 0 saturated heterocycles. The van der Waals surface area contributed by atoms with Crippen molar-refractivity contribution >= 4 is 24.7 Å². The third kappa shape index (κ3) is 15.3. The van der Waals surface area contributed by atoms with Crippen LogP contribution in [0.25, 0.3) is 0 Å². The molecule has 0 aliphatic heterocycles. The van der Waals surface area contributed by atoms with E-state index in [-0.39, 0.29) is 0 Å². The Labute approximate surface area is 181 Å². The van der Waals surface area contributed by atoms with Crippen LogP contribution in [-0.4, -0.2) is 39.6 Å². The van der Waals surface area contributed by atoms with Gasteiger partial charge < -0.3 is 0 Å². The molecule has 0 amide bonds. The Morgan fingerprint density at radius 1 is 0.655 bits per heavy atom. The summed E-state index contributed by atoms with van der Waals surface area (Å²) >= 11 is 0. The summed E-state index contributed by atoms with van der Waals surface area (Å²) in [5.41, 5.74) is 0. The van der Waals surface area contributed by atoms with Crippen LogP contribution >= 0.6 is 24.7 Å². The van der Waals surface area contributed by atoms with Crippen molar-refractivity contribution in [1.82, 2.24) is 4.86 Å². The number of rotatable bonds is 21. The molecular formula is C18H45N2O6P3. The molecule has 0 aliphatic carbocycles. The summed E-state index contributed by atoms with van der Waals surface area (Å²) in [6.07, 6.45) is 5.33. The van der Waals surface area contributed by atoms with Crippen molar-refractivity contribution in [1.29, 1.82) is 0 Å². The molecule has 0 unspecified atom stereocenters. The van der Waals surface area contributed by atoms with E-state index in [1.54, 1.807) is 0 Å². The summed E-state index contributed by atoms with van der Waals surface area (Å²) in [6, 6.07) is 0. The maximum absolute atomic E-state index is 6.22. The van der Waals surface area contributed by atoms with E-state index in [4.69, 9.17) is 31.7 Å². The first-order valence-electron chi connectivity index (χ1n) is 11.1. The van der Waals surface area contributed by atoms with E-state index in [0.29, 0.717) is 39.6 Å². The van der Waals surface area contributed by atoms with Crippen LogP contribution in [0.5, 0.6) is 0 Å². The fourth-order valence-corrected chi connectivity index (χ4v) is 9.10. The topological polar surface area (TPSA) is 79.8 Å². The van der Waals surface area contributed by atoms with Gasteiger partial charge in [0.2, 0.25) is 0 Å². The van der Waals surface area contributed by atoms with Crippen LogP contribution in [0.1, 0.15) is 80.1 Å². The average molecular weight is 478 g/mol. The van der Waals surface area contributed by atoms with Gasteiger partial charge in [-0.05, 0) is 0 Å². The first-order chi connectivity index (χ1) is 14.1. The summed E-state index contributed by atoms with van der Waals surface area (Å²) in [5.74, 6) is 0. The van der Waals surface area contributed by atoms with Crippen LogP contribution in [0.4, 0.5) is 0 Å². The molecule has 0 aromatic heterocycles. The Bertz CT molecular complexity index is 382. The molecule has 0 fully saturated rings. The van der Waals surface area contributed by atoms with Crippen molar-refractivity contribution in [2.45, 2.75) is 80.1 Å². The normalized spacial score (nSPS) is 12.8. The van der Waals surface area contributed by atoms with E-state index in [1.165, 1.54) is 0 Å². The number of nitrogens with zero attached hydrogens (tertiary/aromatic N) is 1. The van der Waals surface area contributed by atoms with E-state index in [9.17, 15) is 0 Å². The van der Waals surface area contributed by atoms with Gasteiger partial charge in [0.05, 0.1) is 0 Å². The van der Waals surface area contributed by atoms with Crippen LogP contribution in [0.2, 0.25) is 0 Å². The van der Waals surface area contributed by atoms with Gasteiger partial charge in [-0.3, -0.25) is 0 Å². The van der Waals surface area contributed by atoms with Crippen LogP contribution in [-0.2, 0) is 27.1 Å². The molecule has 8 nitrogen and oxygen atoms in total. The molecule has 0 aromatic carbocycles. The van der Waals surface area contributed by atoms with Gasteiger partial charge in [0, 0.05) is 0 Å². The van der Waals surface area contributed by atoms with E-state index in [0.717, 1.165) is 38.5 Å². The van der Waals surface area contributed by atoms with Crippen molar-refractivity contribution in [2.24, 2.45) is 4.52 Å². The SMILES string of the molecule is CCCOP(N[PH](N=[PH](OCCC)OCCC)(OCCC)OCCC)OCCC. The minimum absolute atomic E-state index is 0.536. The molecular weight excluding hydrogens is 433 g/mol. The molecule has 178 valence electrons. The Morgan fingerprint density at radius 2 is 1.07 bits per heavy atom. The molecule has 0 aromatic rings. The Kier molecular flexibility index (Phi) is 21.3. The molecule has 0 atom stereocenters. The third-order valence-electron chi connectivity index (χ3n) is 3.16. The zero-order valence-electron chi connectivity index (χ0n) is 19.3. The summed E-state index contributed by atoms with van der Waals surface area (Å²) in [5, 5.41) is 0. The second-order valence-corrected chi connectivity index (χ2v) is 12.1. The maximum atomic E-state index is 6.22. The van der Waals surface area contributed by atoms with Gasteiger partial charge in [-0.25, -0.2) is 0 Å². The van der Waals surface area contributed by atoms with Crippen molar-refractivity contribution in [3.05, 3.63) is 0 Å². The van der Waals surface area contributed by atoms with Gasteiger partial charge in [-0.1, -0.05) is 0 Å². The number of hydrogen-bond acceptors (Lipinski definition) is 8. The Balaban J connectivity index is 5.74. The predicted octanol–water partition coefficient (Wildman–Crippen LogP) is 7.00. The first kappa shape index (κ1) is 29.8. The van der Waals surface area contributed by atoms with Crippen LogP contribution in [0, 0.1) is 0 Å². The summed E-state index contributed by atoms with van der Waals surface area (Å²) in [7, 11) is -6.49. The Morgan fingerprint density at radius 3 is 1.45 bits per heavy atom. The van der Waals surface area contributed by atoms with Crippen LogP contribution in [0.3, 0.4) is 0 Å². The molecule has 0 heterocycles. The van der Waals surface area contributed by atoms with Crippen molar-refractivity contribution in [2.75, 3.05) is 39.6 Å². The zero-order valence-corrected chi connectivity index (χ0v) is 22.2. The minimum atomic E-state index is -3.21. The van der Waals surface area contributed by atoms with Gasteiger partial charge in [0.25, 0.3) is 0 Å². The second kappa shape index (κ2) is 20.7. The van der Waals surface area contributed by atoms with E-state index in [2.05, 4.69) is 46.4 Å². The van der Waals surface area contributed by atoms with Crippen LogP contribution < -0.4 is 4.86 Å². The molecule has 29 heavy (non-hydrogen) atoms. The first-order valence-corrected chi connectivity index (χ1v) is 15.3. The van der Waals surface area contributed by atoms with Gasteiger partial charge >= 0.3 is 181 Å². The molecule has 0 rings (SSSR count). The van der Waals surface area contributed by atoms with Crippen molar-refractivity contribution in [3.8, 4) is 0 Å². The fourth-order valence-electron chi connectivity index (χ4n) is 1.85. The molecule has 0 saturated carbocycles. The van der Waals surface area contributed by atoms with E-state index in [1.807, 2.05) is 0 Å².